The Morgan fingerprint density at radius 1 is 1.35 bits per heavy atom. The third-order valence-electron chi connectivity index (χ3n) is 4.20. The molecule has 1 aromatic rings. The summed E-state index contributed by atoms with van der Waals surface area (Å²) in [4.78, 5) is 28.2. The second kappa shape index (κ2) is 5.68. The topological polar surface area (TPSA) is 52.7 Å². The highest BCUT2D eigenvalue weighted by Gasteiger charge is 2.42. The first-order valence-electron chi connectivity index (χ1n) is 7.70. The van der Waals surface area contributed by atoms with Gasteiger partial charge in [0.2, 0.25) is 0 Å². The van der Waals surface area contributed by atoms with E-state index in [4.69, 9.17) is 0 Å². The van der Waals surface area contributed by atoms with Crippen LogP contribution in [-0.2, 0) is 4.79 Å². The van der Waals surface area contributed by atoms with Gasteiger partial charge < -0.3 is 10.2 Å². The van der Waals surface area contributed by atoms with Crippen molar-refractivity contribution in [3.63, 3.8) is 0 Å². The van der Waals surface area contributed by atoms with Crippen molar-refractivity contribution in [2.24, 2.45) is 5.92 Å². The monoisotopic (exact) mass is 317 g/mol. The van der Waals surface area contributed by atoms with Gasteiger partial charge >= 0.3 is 6.03 Å². The molecule has 0 radical (unpaired) electrons. The number of rotatable bonds is 3. The van der Waals surface area contributed by atoms with E-state index in [1.165, 1.54) is 17.0 Å². The third kappa shape index (κ3) is 2.69. The van der Waals surface area contributed by atoms with Crippen LogP contribution in [-0.4, -0.2) is 41.9 Å². The Balaban J connectivity index is 2.01. The average molecular weight is 317 g/mol. The first-order valence-corrected chi connectivity index (χ1v) is 7.70. The van der Waals surface area contributed by atoms with Crippen molar-refractivity contribution in [1.29, 1.82) is 0 Å². The SMILES string of the molecule is CC(C)CN1CC2=C(C1=O)[C@@H](c1cccc(F)c1)NC(=O)N2C. The lowest BCUT2D eigenvalue weighted by molar-refractivity contribution is -0.126. The average Bonchev–Trinajstić information content (AvgIpc) is 2.80. The van der Waals surface area contributed by atoms with E-state index in [9.17, 15) is 14.0 Å². The summed E-state index contributed by atoms with van der Waals surface area (Å²) in [5.74, 6) is -0.140. The maximum absolute atomic E-state index is 13.6. The summed E-state index contributed by atoms with van der Waals surface area (Å²) in [5.41, 5.74) is 1.82. The van der Waals surface area contributed by atoms with Crippen LogP contribution in [0, 0.1) is 11.7 Å². The van der Waals surface area contributed by atoms with E-state index >= 15 is 0 Å². The van der Waals surface area contributed by atoms with Gasteiger partial charge in [-0.25, -0.2) is 9.18 Å². The van der Waals surface area contributed by atoms with Crippen molar-refractivity contribution in [3.05, 3.63) is 46.9 Å². The first-order chi connectivity index (χ1) is 10.9. The first kappa shape index (κ1) is 15.5. The molecule has 5 nitrogen and oxygen atoms in total. The Morgan fingerprint density at radius 2 is 2.09 bits per heavy atom. The van der Waals surface area contributed by atoms with Crippen LogP contribution < -0.4 is 5.32 Å². The molecule has 2 heterocycles. The van der Waals surface area contributed by atoms with Gasteiger partial charge in [-0.15, -0.1) is 0 Å². The molecule has 0 spiro atoms. The normalized spacial score (nSPS) is 21.2. The molecule has 6 heteroatoms. The minimum Gasteiger partial charge on any atom is -0.333 e. The molecule has 3 rings (SSSR count). The summed E-state index contributed by atoms with van der Waals surface area (Å²) in [5, 5.41) is 2.80. The summed E-state index contributed by atoms with van der Waals surface area (Å²) in [6.45, 7) is 5.13. The summed E-state index contributed by atoms with van der Waals surface area (Å²) >= 11 is 0. The zero-order valence-electron chi connectivity index (χ0n) is 13.5. The van der Waals surface area contributed by atoms with Gasteiger partial charge in [-0.2, -0.15) is 0 Å². The van der Waals surface area contributed by atoms with Crippen LogP contribution in [0.3, 0.4) is 0 Å². The zero-order valence-corrected chi connectivity index (χ0v) is 13.5. The fraction of sp³-hybridized carbons (Fsp3) is 0.412. The van der Waals surface area contributed by atoms with E-state index in [2.05, 4.69) is 5.32 Å². The number of nitrogens with zero attached hydrogens (tertiary/aromatic N) is 2. The second-order valence-corrected chi connectivity index (χ2v) is 6.44. The van der Waals surface area contributed by atoms with Gasteiger partial charge in [-0.1, -0.05) is 26.0 Å². The molecular weight excluding hydrogens is 297 g/mol. The van der Waals surface area contributed by atoms with Crippen LogP contribution in [0.25, 0.3) is 0 Å². The Labute approximate surface area is 134 Å². The predicted molar refractivity (Wildman–Crippen MR) is 83.9 cm³/mol. The molecule has 23 heavy (non-hydrogen) atoms. The summed E-state index contributed by atoms with van der Waals surface area (Å²) in [6, 6.07) is 5.13. The highest BCUT2D eigenvalue weighted by Crippen LogP contribution is 2.35. The van der Waals surface area contributed by atoms with Crippen LogP contribution in [0.2, 0.25) is 0 Å². The van der Waals surface area contributed by atoms with E-state index in [-0.39, 0.29) is 17.8 Å². The lowest BCUT2D eigenvalue weighted by Gasteiger charge is -2.31. The standard InChI is InChI=1S/C17H20FN3O2/c1-10(2)8-21-9-13-14(16(21)22)15(19-17(23)20(13)3)11-5-4-6-12(18)7-11/h4-7,10,15H,8-9H2,1-3H3,(H,19,23)/t15-/m1/s1. The van der Waals surface area contributed by atoms with Crippen molar-refractivity contribution in [2.45, 2.75) is 19.9 Å². The summed E-state index contributed by atoms with van der Waals surface area (Å²) in [6.07, 6.45) is 0. The van der Waals surface area contributed by atoms with Crippen LogP contribution in [0.15, 0.2) is 35.5 Å². The van der Waals surface area contributed by atoms with Gasteiger partial charge in [0.25, 0.3) is 5.91 Å². The highest BCUT2D eigenvalue weighted by atomic mass is 19.1. The lowest BCUT2D eigenvalue weighted by Crippen LogP contribution is -2.45. The van der Waals surface area contributed by atoms with Crippen LogP contribution in [0.5, 0.6) is 0 Å². The van der Waals surface area contributed by atoms with Gasteiger partial charge in [0, 0.05) is 13.6 Å². The van der Waals surface area contributed by atoms with Gasteiger partial charge in [-0.3, -0.25) is 9.69 Å². The maximum atomic E-state index is 13.6. The summed E-state index contributed by atoms with van der Waals surface area (Å²) < 4.78 is 13.6. The third-order valence-corrected chi connectivity index (χ3v) is 4.20. The Kier molecular flexibility index (Phi) is 3.83. The van der Waals surface area contributed by atoms with Crippen molar-refractivity contribution in [3.8, 4) is 0 Å². The molecule has 0 aromatic heterocycles. The van der Waals surface area contributed by atoms with E-state index < -0.39 is 6.04 Å². The highest BCUT2D eigenvalue weighted by molar-refractivity contribution is 6.01. The number of halogens is 1. The number of hydrogen-bond donors (Lipinski definition) is 1. The second-order valence-electron chi connectivity index (χ2n) is 6.44. The fourth-order valence-corrected chi connectivity index (χ4v) is 3.15. The van der Waals surface area contributed by atoms with Crippen molar-refractivity contribution in [2.75, 3.05) is 20.1 Å². The molecule has 1 N–H and O–H groups in total. The number of benzene rings is 1. The van der Waals surface area contributed by atoms with Gasteiger partial charge in [0.15, 0.2) is 0 Å². The molecule has 2 aliphatic heterocycles. The lowest BCUT2D eigenvalue weighted by atomic mass is 9.95. The Hall–Kier alpha value is -2.37. The minimum absolute atomic E-state index is 0.0881. The number of nitrogens with one attached hydrogen (secondary N) is 1. The largest absolute Gasteiger partial charge is 0.333 e. The Morgan fingerprint density at radius 3 is 2.74 bits per heavy atom. The molecule has 1 aromatic carbocycles. The fourth-order valence-electron chi connectivity index (χ4n) is 3.15. The number of amides is 3. The van der Waals surface area contributed by atoms with E-state index in [1.54, 1.807) is 24.1 Å². The molecule has 0 fully saturated rings. The van der Waals surface area contributed by atoms with E-state index in [0.29, 0.717) is 35.8 Å². The molecule has 0 unspecified atom stereocenters. The molecule has 122 valence electrons. The Bertz CT molecular complexity index is 699. The molecule has 0 saturated heterocycles. The van der Waals surface area contributed by atoms with Crippen LogP contribution >= 0.6 is 0 Å². The smallest absolute Gasteiger partial charge is 0.322 e. The number of hydrogen-bond acceptors (Lipinski definition) is 2. The van der Waals surface area contributed by atoms with E-state index in [0.717, 1.165) is 0 Å². The van der Waals surface area contributed by atoms with Gasteiger partial charge in [0.1, 0.15) is 5.82 Å². The molecule has 0 saturated carbocycles. The van der Waals surface area contributed by atoms with E-state index in [1.807, 2.05) is 13.8 Å². The van der Waals surface area contributed by atoms with Gasteiger partial charge in [-0.05, 0) is 23.6 Å². The number of carbonyl (C=O) groups is 2. The predicted octanol–water partition coefficient (Wildman–Crippen LogP) is 2.27. The zero-order chi connectivity index (χ0) is 16.7. The molecule has 2 aliphatic rings. The van der Waals surface area contributed by atoms with Gasteiger partial charge in [0.05, 0.1) is 23.9 Å². The molecule has 0 aliphatic carbocycles. The van der Waals surface area contributed by atoms with Crippen LogP contribution in [0.1, 0.15) is 25.5 Å². The summed E-state index contributed by atoms with van der Waals surface area (Å²) in [7, 11) is 1.65. The minimum atomic E-state index is -0.603. The number of likely N-dealkylation sites (N-methyl/N-ethyl adjacent to an activating group) is 1. The van der Waals surface area contributed by atoms with Crippen molar-refractivity contribution < 1.29 is 14.0 Å². The quantitative estimate of drug-likeness (QED) is 0.930. The van der Waals surface area contributed by atoms with Crippen molar-refractivity contribution in [1.82, 2.24) is 15.1 Å². The molecule has 3 amide bonds. The molecule has 0 bridgehead atoms. The number of carbonyl (C=O) groups excluding carboxylic acids is 2. The molecular formula is C17H20FN3O2. The van der Waals surface area contributed by atoms with Crippen molar-refractivity contribution >= 4 is 11.9 Å². The molecule has 1 atom stereocenters. The number of urea groups is 1. The van der Waals surface area contributed by atoms with Crippen LogP contribution in [0.4, 0.5) is 9.18 Å². The maximum Gasteiger partial charge on any atom is 0.322 e.